The zero-order valence-corrected chi connectivity index (χ0v) is 20.6. The Balaban J connectivity index is 1.74. The second-order valence-corrected chi connectivity index (χ2v) is 9.57. The topological polar surface area (TPSA) is 123 Å². The number of aromatic hydroxyl groups is 1. The van der Waals surface area contributed by atoms with Crippen molar-refractivity contribution in [3.05, 3.63) is 72.8 Å². The molecule has 0 aliphatic carbocycles. The van der Waals surface area contributed by atoms with Crippen LogP contribution in [0.4, 0.5) is 11.4 Å². The number of carbonyl (C=O) groups is 1. The van der Waals surface area contributed by atoms with Crippen molar-refractivity contribution in [2.24, 2.45) is 17.3 Å². The van der Waals surface area contributed by atoms with Crippen LogP contribution >= 0.6 is 0 Å². The van der Waals surface area contributed by atoms with Gasteiger partial charge in [0.05, 0.1) is 30.3 Å². The summed E-state index contributed by atoms with van der Waals surface area (Å²) in [6.45, 7) is -0.658. The van der Waals surface area contributed by atoms with Crippen LogP contribution in [0, 0.1) is 0 Å². The van der Waals surface area contributed by atoms with Gasteiger partial charge in [0, 0.05) is 18.5 Å². The van der Waals surface area contributed by atoms with Crippen LogP contribution in [0.2, 0.25) is 0 Å². The molecule has 0 spiro atoms. The molecule has 10 nitrogen and oxygen atoms in total. The molecule has 36 heavy (non-hydrogen) atoms. The van der Waals surface area contributed by atoms with Crippen LogP contribution in [-0.2, 0) is 21.9 Å². The summed E-state index contributed by atoms with van der Waals surface area (Å²) < 4.78 is 40.2. The number of sulfonamides is 1. The highest BCUT2D eigenvalue weighted by molar-refractivity contribution is 7.92. The number of hydrogen-bond donors (Lipinski definition) is 1. The van der Waals surface area contributed by atoms with Gasteiger partial charge in [-0.05, 0) is 30.3 Å². The SMILES string of the molecule is COc1ccc(N(CC(=O)N=Nc2c(O)n(C)c3ccccc23)S(=O)(=O)c2ccccc2)c(OC)c1. The highest BCUT2D eigenvalue weighted by Gasteiger charge is 2.30. The molecule has 0 bridgehead atoms. The van der Waals surface area contributed by atoms with Gasteiger partial charge in [0.25, 0.3) is 15.9 Å². The van der Waals surface area contributed by atoms with E-state index in [9.17, 15) is 18.3 Å². The fourth-order valence-electron chi connectivity index (χ4n) is 3.73. The average molecular weight is 509 g/mol. The second kappa shape index (κ2) is 10.1. The maximum atomic E-state index is 13.6. The molecule has 0 fully saturated rings. The van der Waals surface area contributed by atoms with Gasteiger partial charge in [-0.15, -0.1) is 10.2 Å². The number of carbonyl (C=O) groups excluding carboxylic acids is 1. The summed E-state index contributed by atoms with van der Waals surface area (Å²) in [5.74, 6) is -0.381. The summed E-state index contributed by atoms with van der Waals surface area (Å²) in [6, 6.07) is 19.4. The van der Waals surface area contributed by atoms with Crippen molar-refractivity contribution in [3.8, 4) is 17.4 Å². The van der Waals surface area contributed by atoms with Gasteiger partial charge in [0.15, 0.2) is 5.69 Å². The summed E-state index contributed by atoms with van der Waals surface area (Å²) in [7, 11) is 0.326. The number of anilines is 1. The van der Waals surface area contributed by atoms with E-state index in [0.717, 1.165) is 4.31 Å². The second-order valence-electron chi connectivity index (χ2n) is 7.70. The molecular formula is C25H24N4O6S. The maximum absolute atomic E-state index is 13.6. The Morgan fingerprint density at radius 3 is 2.39 bits per heavy atom. The van der Waals surface area contributed by atoms with Crippen molar-refractivity contribution >= 4 is 38.2 Å². The quantitative estimate of drug-likeness (QED) is 0.352. The van der Waals surface area contributed by atoms with Crippen LogP contribution in [0.15, 0.2) is 87.9 Å². The van der Waals surface area contributed by atoms with E-state index < -0.39 is 22.5 Å². The Kier molecular flexibility index (Phi) is 6.93. The third-order valence-electron chi connectivity index (χ3n) is 5.58. The number of aromatic nitrogens is 1. The van der Waals surface area contributed by atoms with Gasteiger partial charge in [-0.25, -0.2) is 8.42 Å². The Hall–Kier alpha value is -4.38. The Morgan fingerprint density at radius 1 is 1.00 bits per heavy atom. The third kappa shape index (κ3) is 4.60. The molecular weight excluding hydrogens is 484 g/mol. The predicted molar refractivity (Wildman–Crippen MR) is 135 cm³/mol. The molecule has 1 amide bonds. The number of fused-ring (bicyclic) bond motifs is 1. The Labute approximate surface area is 208 Å². The summed E-state index contributed by atoms with van der Waals surface area (Å²) in [4.78, 5) is 12.9. The van der Waals surface area contributed by atoms with Crippen LogP contribution in [0.25, 0.3) is 10.9 Å². The molecule has 0 aliphatic heterocycles. The minimum absolute atomic E-state index is 0.0145. The number of amides is 1. The number of azo groups is 1. The largest absolute Gasteiger partial charge is 0.497 e. The predicted octanol–water partition coefficient (Wildman–Crippen LogP) is 4.41. The first kappa shape index (κ1) is 24.7. The monoisotopic (exact) mass is 508 g/mol. The van der Waals surface area contributed by atoms with Crippen molar-refractivity contribution < 1.29 is 27.8 Å². The lowest BCUT2D eigenvalue weighted by Crippen LogP contribution is -2.35. The molecule has 186 valence electrons. The molecule has 0 saturated carbocycles. The maximum Gasteiger partial charge on any atom is 0.285 e. The minimum Gasteiger partial charge on any atom is -0.497 e. The zero-order valence-electron chi connectivity index (χ0n) is 19.8. The number of rotatable bonds is 8. The van der Waals surface area contributed by atoms with Crippen molar-refractivity contribution in [1.82, 2.24) is 4.57 Å². The minimum atomic E-state index is -4.19. The smallest absolute Gasteiger partial charge is 0.285 e. The van der Waals surface area contributed by atoms with Crippen molar-refractivity contribution in [2.45, 2.75) is 4.90 Å². The summed E-state index contributed by atoms with van der Waals surface area (Å²) in [6.07, 6.45) is 0. The molecule has 0 saturated heterocycles. The number of nitrogens with zero attached hydrogens (tertiary/aromatic N) is 4. The van der Waals surface area contributed by atoms with Crippen LogP contribution < -0.4 is 13.8 Å². The van der Waals surface area contributed by atoms with Crippen LogP contribution in [0.1, 0.15) is 0 Å². The number of methoxy groups -OCH3 is 2. The lowest BCUT2D eigenvalue weighted by Gasteiger charge is -2.25. The molecule has 4 rings (SSSR count). The molecule has 3 aromatic carbocycles. The number of benzene rings is 3. The van der Waals surface area contributed by atoms with Gasteiger partial charge >= 0.3 is 0 Å². The van der Waals surface area contributed by atoms with Crippen LogP contribution in [0.5, 0.6) is 17.4 Å². The molecule has 0 aliphatic rings. The fourth-order valence-corrected chi connectivity index (χ4v) is 5.17. The first-order valence-electron chi connectivity index (χ1n) is 10.8. The third-order valence-corrected chi connectivity index (χ3v) is 7.35. The van der Waals surface area contributed by atoms with Gasteiger partial charge in [0.1, 0.15) is 18.0 Å². The molecule has 0 atom stereocenters. The summed E-state index contributed by atoms with van der Waals surface area (Å²) >= 11 is 0. The van der Waals surface area contributed by atoms with E-state index in [1.54, 1.807) is 49.5 Å². The number of para-hydroxylation sites is 1. The highest BCUT2D eigenvalue weighted by Crippen LogP contribution is 2.38. The average Bonchev–Trinajstić information content (AvgIpc) is 3.15. The van der Waals surface area contributed by atoms with Crippen LogP contribution in [0.3, 0.4) is 0 Å². The van der Waals surface area contributed by atoms with E-state index in [1.807, 2.05) is 6.07 Å². The molecule has 1 heterocycles. The molecule has 4 aromatic rings. The Morgan fingerprint density at radius 2 is 1.69 bits per heavy atom. The lowest BCUT2D eigenvalue weighted by atomic mass is 10.2. The zero-order chi connectivity index (χ0) is 25.9. The first-order chi connectivity index (χ1) is 17.3. The molecule has 0 radical (unpaired) electrons. The summed E-state index contributed by atoms with van der Waals surface area (Å²) in [5, 5.41) is 18.7. The van der Waals surface area contributed by atoms with Crippen molar-refractivity contribution in [2.75, 3.05) is 25.1 Å². The van der Waals surface area contributed by atoms with E-state index in [2.05, 4.69) is 10.2 Å². The molecule has 1 N–H and O–H groups in total. The van der Waals surface area contributed by atoms with Gasteiger partial charge in [-0.1, -0.05) is 36.4 Å². The fraction of sp³-hybridized carbons (Fsp3) is 0.160. The van der Waals surface area contributed by atoms with E-state index in [1.165, 1.54) is 43.1 Å². The molecule has 0 unspecified atom stereocenters. The van der Waals surface area contributed by atoms with Gasteiger partial charge < -0.3 is 19.1 Å². The van der Waals surface area contributed by atoms with Crippen molar-refractivity contribution in [3.63, 3.8) is 0 Å². The van der Waals surface area contributed by atoms with Crippen molar-refractivity contribution in [1.29, 1.82) is 0 Å². The van der Waals surface area contributed by atoms with Gasteiger partial charge in [-0.2, -0.15) is 0 Å². The molecule has 1 aromatic heterocycles. The van der Waals surface area contributed by atoms with Crippen LogP contribution in [-0.4, -0.2) is 44.8 Å². The van der Waals surface area contributed by atoms with E-state index in [0.29, 0.717) is 16.7 Å². The van der Waals surface area contributed by atoms with E-state index in [-0.39, 0.29) is 27.9 Å². The standard InChI is InChI=1S/C25H24N4O6S/c1-28-20-12-8-7-11-19(20)24(25(28)31)27-26-23(30)16-29(36(32,33)18-9-5-4-6-10-18)21-14-13-17(34-2)15-22(21)35-3/h4-15,31H,16H2,1-3H3. The Bertz CT molecular complexity index is 1550. The number of ether oxygens (including phenoxy) is 2. The highest BCUT2D eigenvalue weighted by atomic mass is 32.2. The number of hydrogen-bond acceptors (Lipinski definition) is 7. The van der Waals surface area contributed by atoms with E-state index in [4.69, 9.17) is 9.47 Å². The van der Waals surface area contributed by atoms with E-state index >= 15 is 0 Å². The normalized spacial score (nSPS) is 11.6. The van der Waals surface area contributed by atoms with Gasteiger partial charge in [-0.3, -0.25) is 9.10 Å². The molecule has 11 heteroatoms. The summed E-state index contributed by atoms with van der Waals surface area (Å²) in [5.41, 5.74) is 0.937. The lowest BCUT2D eigenvalue weighted by molar-refractivity contribution is -0.116. The van der Waals surface area contributed by atoms with Gasteiger partial charge in [0.2, 0.25) is 5.88 Å². The first-order valence-corrected chi connectivity index (χ1v) is 12.2. The number of aryl methyl sites for hydroxylation is 1.